The van der Waals surface area contributed by atoms with Gasteiger partial charge in [-0.1, -0.05) is 12.1 Å². The second-order valence-corrected chi connectivity index (χ2v) is 3.94. The van der Waals surface area contributed by atoms with Crippen LogP contribution in [0.3, 0.4) is 0 Å². The highest BCUT2D eigenvalue weighted by Gasteiger charge is 2.22. The molecule has 0 aliphatic carbocycles. The van der Waals surface area contributed by atoms with Crippen molar-refractivity contribution in [2.75, 3.05) is 12.4 Å². The second kappa shape index (κ2) is 4.87. The maximum atomic E-state index is 11.9. The largest absolute Gasteiger partial charge is 0.506 e. The first kappa shape index (κ1) is 12.1. The van der Waals surface area contributed by atoms with Gasteiger partial charge in [0.25, 0.3) is 5.91 Å². The second-order valence-electron chi connectivity index (χ2n) is 3.94. The topological polar surface area (TPSA) is 82.0 Å². The van der Waals surface area contributed by atoms with Crippen molar-refractivity contribution >= 4 is 23.2 Å². The summed E-state index contributed by atoms with van der Waals surface area (Å²) >= 11 is 0. The lowest BCUT2D eigenvalue weighted by molar-refractivity contribution is -0.130. The number of benzene rings is 1. The molecule has 0 radical (unpaired) electrons. The molecule has 6 nitrogen and oxygen atoms in total. The van der Waals surface area contributed by atoms with Gasteiger partial charge in [0.2, 0.25) is 5.91 Å². The van der Waals surface area contributed by atoms with Gasteiger partial charge in [0.05, 0.1) is 5.69 Å². The summed E-state index contributed by atoms with van der Waals surface area (Å²) in [6, 6.07) is 6.43. The Balaban J connectivity index is 2.12. The summed E-state index contributed by atoms with van der Waals surface area (Å²) < 4.78 is 0. The monoisotopic (exact) mass is 247 g/mol. The molecule has 94 valence electrons. The van der Waals surface area contributed by atoms with E-state index in [0.29, 0.717) is 12.1 Å². The standard InChI is InChI=1S/C12H13N3O3/c1-15-11(17)7-6-9(14-15)12(18)13-8-4-2-3-5-10(8)16/h2-5,16H,6-7H2,1H3,(H,13,18). The number of hydrogen-bond acceptors (Lipinski definition) is 4. The van der Waals surface area contributed by atoms with Crippen molar-refractivity contribution in [3.05, 3.63) is 24.3 Å². The third-order valence-corrected chi connectivity index (χ3v) is 2.62. The minimum absolute atomic E-state index is 0.00769. The van der Waals surface area contributed by atoms with E-state index in [9.17, 15) is 14.7 Å². The Morgan fingerprint density at radius 1 is 1.39 bits per heavy atom. The van der Waals surface area contributed by atoms with Crippen molar-refractivity contribution in [1.29, 1.82) is 0 Å². The molecule has 0 atom stereocenters. The molecule has 0 spiro atoms. The molecule has 1 aliphatic heterocycles. The van der Waals surface area contributed by atoms with Gasteiger partial charge in [0, 0.05) is 19.9 Å². The number of nitrogens with zero attached hydrogens (tertiary/aromatic N) is 2. The fraction of sp³-hybridized carbons (Fsp3) is 0.250. The Kier molecular flexibility index (Phi) is 3.27. The Morgan fingerprint density at radius 2 is 2.11 bits per heavy atom. The third kappa shape index (κ3) is 2.48. The molecule has 2 amide bonds. The smallest absolute Gasteiger partial charge is 0.271 e. The molecule has 0 unspecified atom stereocenters. The summed E-state index contributed by atoms with van der Waals surface area (Å²) in [4.78, 5) is 23.1. The highest BCUT2D eigenvalue weighted by Crippen LogP contribution is 2.21. The first-order valence-corrected chi connectivity index (χ1v) is 5.51. The van der Waals surface area contributed by atoms with E-state index in [0.717, 1.165) is 5.01 Å². The van der Waals surface area contributed by atoms with Crippen LogP contribution in [-0.4, -0.2) is 34.7 Å². The van der Waals surface area contributed by atoms with Gasteiger partial charge in [0.1, 0.15) is 11.5 Å². The molecule has 0 saturated heterocycles. The van der Waals surface area contributed by atoms with Crippen molar-refractivity contribution in [1.82, 2.24) is 5.01 Å². The minimum Gasteiger partial charge on any atom is -0.506 e. The van der Waals surface area contributed by atoms with E-state index in [1.165, 1.54) is 13.1 Å². The van der Waals surface area contributed by atoms with Gasteiger partial charge in [-0.2, -0.15) is 5.10 Å². The third-order valence-electron chi connectivity index (χ3n) is 2.62. The van der Waals surface area contributed by atoms with Crippen molar-refractivity contribution in [2.45, 2.75) is 12.8 Å². The van der Waals surface area contributed by atoms with Gasteiger partial charge in [-0.15, -0.1) is 0 Å². The van der Waals surface area contributed by atoms with Crippen LogP contribution in [-0.2, 0) is 9.59 Å². The van der Waals surface area contributed by atoms with Crippen LogP contribution in [0.5, 0.6) is 5.75 Å². The summed E-state index contributed by atoms with van der Waals surface area (Å²) in [6.07, 6.45) is 0.576. The number of nitrogens with one attached hydrogen (secondary N) is 1. The summed E-state index contributed by atoms with van der Waals surface area (Å²) in [5.74, 6) is -0.531. The lowest BCUT2D eigenvalue weighted by Gasteiger charge is -2.19. The molecule has 1 aromatic rings. The fourth-order valence-electron chi connectivity index (χ4n) is 1.61. The first-order chi connectivity index (χ1) is 8.58. The lowest BCUT2D eigenvalue weighted by atomic mass is 10.1. The first-order valence-electron chi connectivity index (χ1n) is 5.51. The van der Waals surface area contributed by atoms with E-state index >= 15 is 0 Å². The van der Waals surface area contributed by atoms with Crippen molar-refractivity contribution in [3.63, 3.8) is 0 Å². The average Bonchev–Trinajstić information content (AvgIpc) is 2.35. The van der Waals surface area contributed by atoms with Gasteiger partial charge in [-0.3, -0.25) is 9.59 Å². The van der Waals surface area contributed by atoms with Crippen LogP contribution in [0, 0.1) is 0 Å². The van der Waals surface area contributed by atoms with E-state index in [-0.39, 0.29) is 23.8 Å². The molecule has 18 heavy (non-hydrogen) atoms. The van der Waals surface area contributed by atoms with Crippen molar-refractivity contribution < 1.29 is 14.7 Å². The number of phenols is 1. The van der Waals surface area contributed by atoms with E-state index in [1.54, 1.807) is 18.2 Å². The molecule has 0 fully saturated rings. The van der Waals surface area contributed by atoms with Gasteiger partial charge in [-0.05, 0) is 12.1 Å². The molecule has 1 aliphatic rings. The van der Waals surface area contributed by atoms with E-state index in [2.05, 4.69) is 10.4 Å². The van der Waals surface area contributed by atoms with E-state index in [4.69, 9.17) is 0 Å². The Hall–Kier alpha value is -2.37. The summed E-state index contributed by atoms with van der Waals surface area (Å²) in [6.45, 7) is 0. The predicted molar refractivity (Wildman–Crippen MR) is 66.2 cm³/mol. The highest BCUT2D eigenvalue weighted by atomic mass is 16.3. The van der Waals surface area contributed by atoms with Crippen LogP contribution in [0.25, 0.3) is 0 Å². The van der Waals surface area contributed by atoms with Crippen LogP contribution in [0.2, 0.25) is 0 Å². The molecule has 1 heterocycles. The molecular formula is C12H13N3O3. The number of phenolic OH excluding ortho intramolecular Hbond substituents is 1. The number of aromatic hydroxyl groups is 1. The van der Waals surface area contributed by atoms with Gasteiger partial charge in [0.15, 0.2) is 0 Å². The van der Waals surface area contributed by atoms with Gasteiger partial charge >= 0.3 is 0 Å². The number of anilines is 1. The summed E-state index contributed by atoms with van der Waals surface area (Å²) in [5.41, 5.74) is 0.602. The number of para-hydroxylation sites is 2. The molecule has 6 heteroatoms. The molecule has 2 rings (SSSR count). The zero-order valence-electron chi connectivity index (χ0n) is 9.88. The van der Waals surface area contributed by atoms with Crippen molar-refractivity contribution in [3.8, 4) is 5.75 Å². The van der Waals surface area contributed by atoms with Crippen LogP contribution in [0.4, 0.5) is 5.69 Å². The lowest BCUT2D eigenvalue weighted by Crippen LogP contribution is -2.34. The van der Waals surface area contributed by atoms with Crippen LogP contribution in [0.15, 0.2) is 29.4 Å². The average molecular weight is 247 g/mol. The molecular weight excluding hydrogens is 234 g/mol. The predicted octanol–water partition coefficient (Wildman–Crippen LogP) is 0.939. The van der Waals surface area contributed by atoms with Gasteiger partial charge in [-0.25, -0.2) is 5.01 Å². The molecule has 0 aromatic heterocycles. The SMILES string of the molecule is CN1N=C(C(=O)Nc2ccccc2O)CCC1=O. The van der Waals surface area contributed by atoms with Crippen LogP contribution >= 0.6 is 0 Å². The number of hydrazone groups is 1. The van der Waals surface area contributed by atoms with Crippen LogP contribution < -0.4 is 5.32 Å². The minimum atomic E-state index is -0.407. The van der Waals surface area contributed by atoms with E-state index < -0.39 is 5.91 Å². The zero-order chi connectivity index (χ0) is 13.1. The number of carbonyl (C=O) groups excluding carboxylic acids is 2. The number of carbonyl (C=O) groups is 2. The normalized spacial score (nSPS) is 15.3. The number of amides is 2. The molecule has 2 N–H and O–H groups in total. The zero-order valence-corrected chi connectivity index (χ0v) is 9.88. The quantitative estimate of drug-likeness (QED) is 0.763. The Bertz CT molecular complexity index is 525. The Morgan fingerprint density at radius 3 is 2.78 bits per heavy atom. The Labute approximate surface area is 104 Å². The maximum absolute atomic E-state index is 11.9. The maximum Gasteiger partial charge on any atom is 0.271 e. The van der Waals surface area contributed by atoms with Crippen LogP contribution in [0.1, 0.15) is 12.8 Å². The number of rotatable bonds is 2. The summed E-state index contributed by atoms with van der Waals surface area (Å²) in [7, 11) is 1.51. The van der Waals surface area contributed by atoms with Gasteiger partial charge < -0.3 is 10.4 Å². The molecule has 0 saturated carbocycles. The molecule has 1 aromatic carbocycles. The molecule has 0 bridgehead atoms. The number of hydrogen-bond donors (Lipinski definition) is 2. The fourth-order valence-corrected chi connectivity index (χ4v) is 1.61. The highest BCUT2D eigenvalue weighted by molar-refractivity contribution is 6.43. The summed E-state index contributed by atoms with van der Waals surface area (Å²) in [5, 5.41) is 17.1. The van der Waals surface area contributed by atoms with Crippen molar-refractivity contribution in [2.24, 2.45) is 5.10 Å². The van der Waals surface area contributed by atoms with E-state index in [1.807, 2.05) is 0 Å².